The summed E-state index contributed by atoms with van der Waals surface area (Å²) in [5.74, 6) is 0. The van der Waals surface area contributed by atoms with E-state index in [1.165, 1.54) is 5.56 Å². The first kappa shape index (κ1) is 8.28. The summed E-state index contributed by atoms with van der Waals surface area (Å²) in [5.41, 5.74) is 3.96. The minimum absolute atomic E-state index is 0.359. The fourth-order valence-corrected chi connectivity index (χ4v) is 1.98. The van der Waals surface area contributed by atoms with Crippen molar-refractivity contribution < 1.29 is 5.11 Å². The quantitative estimate of drug-likeness (QED) is 0.650. The monoisotopic (exact) mass is 173 g/mol. The molecule has 1 aliphatic rings. The Labute approximate surface area is 77.4 Å². The Morgan fingerprint density at radius 2 is 2.31 bits per heavy atom. The molecule has 0 heterocycles. The van der Waals surface area contributed by atoms with Gasteiger partial charge < -0.3 is 5.11 Å². The Bertz CT molecular complexity index is 390. The number of hydrogen-bond acceptors (Lipinski definition) is 2. The van der Waals surface area contributed by atoms with Crippen molar-refractivity contribution in [1.29, 1.82) is 5.26 Å². The van der Waals surface area contributed by atoms with Gasteiger partial charge in [0.15, 0.2) is 0 Å². The van der Waals surface area contributed by atoms with E-state index >= 15 is 0 Å². The molecule has 1 aromatic carbocycles. The van der Waals surface area contributed by atoms with E-state index in [-0.39, 0.29) is 6.10 Å². The summed E-state index contributed by atoms with van der Waals surface area (Å²) in [4.78, 5) is 0. The highest BCUT2D eigenvalue weighted by Crippen LogP contribution is 2.33. The Morgan fingerprint density at radius 3 is 3.00 bits per heavy atom. The van der Waals surface area contributed by atoms with Gasteiger partial charge in [0.25, 0.3) is 0 Å². The third-order valence-electron chi connectivity index (χ3n) is 2.66. The molecule has 1 aromatic rings. The molecular formula is C11H11NO. The molecule has 0 fully saturated rings. The minimum Gasteiger partial charge on any atom is -0.388 e. The van der Waals surface area contributed by atoms with Crippen LogP contribution in [0.4, 0.5) is 0 Å². The molecule has 0 spiro atoms. The Hall–Kier alpha value is -1.33. The number of nitrogens with zero attached hydrogens (tertiary/aromatic N) is 1. The predicted octanol–water partition coefficient (Wildman–Crippen LogP) is 1.85. The van der Waals surface area contributed by atoms with Gasteiger partial charge in [0, 0.05) is 0 Å². The third-order valence-corrected chi connectivity index (χ3v) is 2.66. The summed E-state index contributed by atoms with van der Waals surface area (Å²) in [5, 5.41) is 18.4. The zero-order chi connectivity index (χ0) is 9.42. The molecule has 0 saturated heterocycles. The maximum Gasteiger partial charge on any atom is 0.0991 e. The third kappa shape index (κ3) is 1.22. The fraction of sp³-hybridized carbons (Fsp3) is 0.364. The van der Waals surface area contributed by atoms with Crippen molar-refractivity contribution in [1.82, 2.24) is 0 Å². The van der Waals surface area contributed by atoms with Gasteiger partial charge >= 0.3 is 0 Å². The number of aliphatic hydroxyl groups excluding tert-OH is 1. The van der Waals surface area contributed by atoms with Gasteiger partial charge in [-0.1, -0.05) is 0 Å². The zero-order valence-electron chi connectivity index (χ0n) is 7.54. The van der Waals surface area contributed by atoms with Crippen molar-refractivity contribution in [3.8, 4) is 6.07 Å². The number of aliphatic hydroxyl groups is 1. The van der Waals surface area contributed by atoms with Gasteiger partial charge in [-0.15, -0.1) is 0 Å². The van der Waals surface area contributed by atoms with Crippen molar-refractivity contribution >= 4 is 0 Å². The second kappa shape index (κ2) is 2.86. The molecule has 1 unspecified atom stereocenters. The molecule has 0 aromatic heterocycles. The Balaban J connectivity index is 2.61. The van der Waals surface area contributed by atoms with Crippen molar-refractivity contribution in [2.45, 2.75) is 25.9 Å². The van der Waals surface area contributed by atoms with Gasteiger partial charge in [-0.2, -0.15) is 5.26 Å². The normalized spacial score (nSPS) is 19.6. The minimum atomic E-state index is -0.359. The maximum absolute atomic E-state index is 9.62. The van der Waals surface area contributed by atoms with Gasteiger partial charge in [0.05, 0.1) is 17.7 Å². The lowest BCUT2D eigenvalue weighted by atomic mass is 10.0. The molecule has 66 valence electrons. The van der Waals surface area contributed by atoms with E-state index in [4.69, 9.17) is 5.26 Å². The molecular weight excluding hydrogens is 162 g/mol. The predicted molar refractivity (Wildman–Crippen MR) is 49.2 cm³/mol. The first-order valence-electron chi connectivity index (χ1n) is 4.44. The largest absolute Gasteiger partial charge is 0.388 e. The molecule has 2 heteroatoms. The summed E-state index contributed by atoms with van der Waals surface area (Å²) in [7, 11) is 0. The van der Waals surface area contributed by atoms with Gasteiger partial charge in [-0.05, 0) is 48.6 Å². The molecule has 2 nitrogen and oxygen atoms in total. The van der Waals surface area contributed by atoms with E-state index in [0.29, 0.717) is 5.56 Å². The van der Waals surface area contributed by atoms with E-state index in [2.05, 4.69) is 6.07 Å². The summed E-state index contributed by atoms with van der Waals surface area (Å²) in [6, 6.07) is 5.80. The number of hydrogen-bond donors (Lipinski definition) is 1. The molecule has 0 bridgehead atoms. The molecule has 0 saturated carbocycles. The molecule has 13 heavy (non-hydrogen) atoms. The zero-order valence-corrected chi connectivity index (χ0v) is 7.54. The van der Waals surface area contributed by atoms with Gasteiger partial charge in [0.2, 0.25) is 0 Å². The van der Waals surface area contributed by atoms with Gasteiger partial charge in [-0.3, -0.25) is 0 Å². The van der Waals surface area contributed by atoms with Crippen LogP contribution in [0.25, 0.3) is 0 Å². The lowest BCUT2D eigenvalue weighted by Crippen LogP contribution is -1.93. The highest BCUT2D eigenvalue weighted by molar-refractivity contribution is 5.46. The second-order valence-corrected chi connectivity index (χ2v) is 3.53. The highest BCUT2D eigenvalue weighted by atomic mass is 16.3. The first-order valence-corrected chi connectivity index (χ1v) is 4.44. The second-order valence-electron chi connectivity index (χ2n) is 3.53. The first-order chi connectivity index (χ1) is 6.22. The Morgan fingerprint density at radius 1 is 1.54 bits per heavy atom. The van der Waals surface area contributed by atoms with Crippen LogP contribution in [-0.2, 0) is 6.42 Å². The van der Waals surface area contributed by atoms with Crippen molar-refractivity contribution in [3.05, 3.63) is 34.4 Å². The molecule has 0 aliphatic heterocycles. The lowest BCUT2D eigenvalue weighted by Gasteiger charge is -2.06. The van der Waals surface area contributed by atoms with E-state index in [0.717, 1.165) is 24.0 Å². The molecule has 1 atom stereocenters. The van der Waals surface area contributed by atoms with Crippen LogP contribution in [0, 0.1) is 18.3 Å². The van der Waals surface area contributed by atoms with Crippen LogP contribution >= 0.6 is 0 Å². The molecule has 0 amide bonds. The summed E-state index contributed by atoms with van der Waals surface area (Å²) >= 11 is 0. The lowest BCUT2D eigenvalue weighted by molar-refractivity contribution is 0.180. The van der Waals surface area contributed by atoms with E-state index in [1.807, 2.05) is 13.0 Å². The van der Waals surface area contributed by atoms with Crippen LogP contribution in [0.15, 0.2) is 12.1 Å². The fourth-order valence-electron chi connectivity index (χ4n) is 1.98. The standard InChI is InChI=1S/C11H11NO/c1-7-4-8(6-12)5-10-9(7)2-3-11(10)13/h4-5,11,13H,2-3H2,1H3. The van der Waals surface area contributed by atoms with Gasteiger partial charge in [0.1, 0.15) is 0 Å². The number of benzene rings is 1. The van der Waals surface area contributed by atoms with Crippen LogP contribution in [0.1, 0.15) is 34.8 Å². The summed E-state index contributed by atoms with van der Waals surface area (Å²) in [6.07, 6.45) is 1.38. The van der Waals surface area contributed by atoms with Gasteiger partial charge in [-0.25, -0.2) is 0 Å². The Kier molecular flexibility index (Phi) is 1.82. The summed E-state index contributed by atoms with van der Waals surface area (Å²) < 4.78 is 0. The van der Waals surface area contributed by atoms with Crippen molar-refractivity contribution in [2.24, 2.45) is 0 Å². The average Bonchev–Trinajstić information content (AvgIpc) is 2.48. The topological polar surface area (TPSA) is 44.0 Å². The number of rotatable bonds is 0. The molecule has 1 aliphatic carbocycles. The average molecular weight is 173 g/mol. The van der Waals surface area contributed by atoms with Crippen LogP contribution in [0.2, 0.25) is 0 Å². The summed E-state index contributed by atoms with van der Waals surface area (Å²) in [6.45, 7) is 2.00. The van der Waals surface area contributed by atoms with E-state index in [1.54, 1.807) is 6.07 Å². The SMILES string of the molecule is Cc1cc(C#N)cc2c1CCC2O. The number of aryl methyl sites for hydroxylation is 1. The number of fused-ring (bicyclic) bond motifs is 1. The van der Waals surface area contributed by atoms with Crippen LogP contribution in [0.5, 0.6) is 0 Å². The van der Waals surface area contributed by atoms with Crippen molar-refractivity contribution in [2.75, 3.05) is 0 Å². The molecule has 1 N–H and O–H groups in total. The van der Waals surface area contributed by atoms with Crippen LogP contribution in [-0.4, -0.2) is 5.11 Å². The molecule has 2 rings (SSSR count). The van der Waals surface area contributed by atoms with E-state index in [9.17, 15) is 5.11 Å². The van der Waals surface area contributed by atoms with E-state index < -0.39 is 0 Å². The smallest absolute Gasteiger partial charge is 0.0991 e. The van der Waals surface area contributed by atoms with Crippen LogP contribution < -0.4 is 0 Å². The maximum atomic E-state index is 9.62. The van der Waals surface area contributed by atoms with Crippen LogP contribution in [0.3, 0.4) is 0 Å². The van der Waals surface area contributed by atoms with Crippen molar-refractivity contribution in [3.63, 3.8) is 0 Å². The molecule has 0 radical (unpaired) electrons. The highest BCUT2D eigenvalue weighted by Gasteiger charge is 2.22. The number of nitriles is 1.